The van der Waals surface area contributed by atoms with Crippen LogP contribution in [0.5, 0.6) is 0 Å². The first kappa shape index (κ1) is 98.1. The number of hydrogen-bond donors (Lipinski definition) is 3. The number of unbranched alkanes of at least 4 members (excludes halogenated alkanes) is 46. The first-order chi connectivity index (χ1) is 48.3. The molecule has 0 aliphatic rings. The molecule has 0 aliphatic heterocycles. The van der Waals surface area contributed by atoms with E-state index in [0.29, 0.717) is 31.6 Å². The van der Waals surface area contributed by atoms with Gasteiger partial charge in [-0.25, -0.2) is 9.13 Å². The molecule has 594 valence electrons. The van der Waals surface area contributed by atoms with Crippen molar-refractivity contribution < 1.29 is 80.2 Å². The van der Waals surface area contributed by atoms with Crippen molar-refractivity contribution in [1.82, 2.24) is 0 Å². The van der Waals surface area contributed by atoms with E-state index >= 15 is 0 Å². The molecule has 0 saturated heterocycles. The van der Waals surface area contributed by atoms with E-state index in [2.05, 4.69) is 48.5 Å². The highest BCUT2D eigenvalue weighted by Gasteiger charge is 2.30. The van der Waals surface area contributed by atoms with Gasteiger partial charge in [-0.15, -0.1) is 0 Å². The number of hydrogen-bond acceptors (Lipinski definition) is 15. The molecule has 19 heteroatoms. The van der Waals surface area contributed by atoms with Crippen LogP contribution in [0.1, 0.15) is 421 Å². The van der Waals surface area contributed by atoms with Gasteiger partial charge in [0.1, 0.15) is 19.3 Å². The van der Waals surface area contributed by atoms with Gasteiger partial charge in [-0.05, 0) is 43.4 Å². The summed E-state index contributed by atoms with van der Waals surface area (Å²) < 4.78 is 68.6. The van der Waals surface area contributed by atoms with Crippen molar-refractivity contribution in [1.29, 1.82) is 0 Å². The molecule has 0 amide bonds. The number of carbonyl (C=O) groups is 4. The molecule has 17 nitrogen and oxygen atoms in total. The summed E-state index contributed by atoms with van der Waals surface area (Å²) in [5, 5.41) is 10.6. The number of carbonyl (C=O) groups excluding carboxylic acids is 4. The summed E-state index contributed by atoms with van der Waals surface area (Å²) in [6, 6.07) is 0. The summed E-state index contributed by atoms with van der Waals surface area (Å²) in [4.78, 5) is 72.9. The van der Waals surface area contributed by atoms with E-state index in [1.54, 1.807) is 0 Å². The van der Waals surface area contributed by atoms with Crippen LogP contribution >= 0.6 is 15.6 Å². The fraction of sp³-hybridized carbons (Fsp3) is 0.951. The third-order valence-electron chi connectivity index (χ3n) is 19.2. The highest BCUT2D eigenvalue weighted by Crippen LogP contribution is 2.45. The summed E-state index contributed by atoms with van der Waals surface area (Å²) in [7, 11) is -9.92. The van der Waals surface area contributed by atoms with Gasteiger partial charge in [-0.3, -0.25) is 37.3 Å². The third kappa shape index (κ3) is 73.0. The molecule has 3 unspecified atom stereocenters. The molecule has 0 aliphatic carbocycles. The monoisotopic (exact) mass is 1470 g/mol. The standard InChI is InChI=1S/C81H158O17P2/c1-8-10-11-12-13-14-15-16-17-18-22-25-28-31-34-40-48-55-62-78(83)91-68-76(97-80(85)64-57-50-41-35-32-29-26-23-20-19-21-24-27-30-33-38-45-52-59-72(3)4)70-95-99(87,88)93-66-75(82)67-94-100(89,90)96-71-77(69-92-79(84)63-56-49-44-43-46-53-60-73(5)6)98-81(86)65-58-51-42-37-36-39-47-54-61-74(7)9-2/h72-77,82H,8-71H2,1-7H3,(H,87,88)(H,89,90)/t74?,75-,76-,77-/m1/s1. The van der Waals surface area contributed by atoms with Crippen molar-refractivity contribution in [3.63, 3.8) is 0 Å². The normalized spacial score (nSPS) is 14.2. The first-order valence-corrected chi connectivity index (χ1v) is 44.9. The van der Waals surface area contributed by atoms with Crippen molar-refractivity contribution in [2.24, 2.45) is 17.8 Å². The van der Waals surface area contributed by atoms with Gasteiger partial charge in [0.15, 0.2) is 12.2 Å². The fourth-order valence-corrected chi connectivity index (χ4v) is 14.0. The maximum Gasteiger partial charge on any atom is 0.472 e. The van der Waals surface area contributed by atoms with Crippen molar-refractivity contribution >= 4 is 39.5 Å². The number of ether oxygens (including phenoxy) is 4. The van der Waals surface area contributed by atoms with Crippen LogP contribution in [0.2, 0.25) is 0 Å². The zero-order valence-electron chi connectivity index (χ0n) is 65.7. The number of aliphatic hydroxyl groups excluding tert-OH is 1. The lowest BCUT2D eigenvalue weighted by molar-refractivity contribution is -0.161. The van der Waals surface area contributed by atoms with E-state index in [0.717, 1.165) is 108 Å². The second-order valence-electron chi connectivity index (χ2n) is 30.4. The molecule has 6 atom stereocenters. The molecular formula is C81H158O17P2. The van der Waals surface area contributed by atoms with Crippen molar-refractivity contribution in [2.75, 3.05) is 39.6 Å². The fourth-order valence-electron chi connectivity index (χ4n) is 12.5. The highest BCUT2D eigenvalue weighted by atomic mass is 31.2. The SMILES string of the molecule is CCCCCCCCCCCCCCCCCCCCC(=O)OC[C@H](COP(=O)(O)OC[C@@H](O)COP(=O)(O)OC[C@@H](COC(=O)CCCCCCCCC(C)C)OC(=O)CCCCCCCCCCC(C)CC)OC(=O)CCCCCCCCCCCCCCCCCCCCC(C)C. The van der Waals surface area contributed by atoms with Crippen LogP contribution in [-0.4, -0.2) is 96.7 Å². The number of rotatable bonds is 79. The maximum absolute atomic E-state index is 13.1. The van der Waals surface area contributed by atoms with Gasteiger partial charge < -0.3 is 33.8 Å². The maximum atomic E-state index is 13.1. The number of phosphoric ester groups is 2. The molecular weight excluding hydrogens is 1310 g/mol. The molecule has 0 fully saturated rings. The Labute approximate surface area is 613 Å². The summed E-state index contributed by atoms with van der Waals surface area (Å²) >= 11 is 0. The Bertz CT molecular complexity index is 1940. The molecule has 0 bridgehead atoms. The van der Waals surface area contributed by atoms with Gasteiger partial charge in [0.25, 0.3) is 0 Å². The summed E-state index contributed by atoms with van der Waals surface area (Å²) in [6.45, 7) is 11.9. The molecule has 0 spiro atoms. The van der Waals surface area contributed by atoms with E-state index in [1.165, 1.54) is 225 Å². The smallest absolute Gasteiger partial charge is 0.462 e. The van der Waals surface area contributed by atoms with Crippen molar-refractivity contribution in [3.05, 3.63) is 0 Å². The third-order valence-corrected chi connectivity index (χ3v) is 21.1. The Balaban J connectivity index is 5.21. The van der Waals surface area contributed by atoms with Crippen LogP contribution in [-0.2, 0) is 65.4 Å². The minimum atomic E-state index is -4.96. The molecule has 0 aromatic rings. The molecule has 0 aromatic heterocycles. The van der Waals surface area contributed by atoms with Crippen LogP contribution < -0.4 is 0 Å². The lowest BCUT2D eigenvalue weighted by Gasteiger charge is -2.21. The molecule has 100 heavy (non-hydrogen) atoms. The number of esters is 4. The quantitative estimate of drug-likeness (QED) is 0.0222. The summed E-state index contributed by atoms with van der Waals surface area (Å²) in [5.74, 6) is 0.154. The Morgan fingerprint density at radius 2 is 0.510 bits per heavy atom. The zero-order chi connectivity index (χ0) is 73.7. The molecule has 0 saturated carbocycles. The highest BCUT2D eigenvalue weighted by molar-refractivity contribution is 7.47. The van der Waals surface area contributed by atoms with Gasteiger partial charge in [0, 0.05) is 25.7 Å². The largest absolute Gasteiger partial charge is 0.472 e. The molecule has 3 N–H and O–H groups in total. The van der Waals surface area contributed by atoms with Crippen molar-refractivity contribution in [3.8, 4) is 0 Å². The van der Waals surface area contributed by atoms with Crippen molar-refractivity contribution in [2.45, 2.75) is 439 Å². The Morgan fingerprint density at radius 3 is 0.760 bits per heavy atom. The van der Waals surface area contributed by atoms with E-state index in [9.17, 15) is 43.2 Å². The second kappa shape index (κ2) is 71.3. The predicted octanol–water partition coefficient (Wildman–Crippen LogP) is 24.1. The molecule has 0 heterocycles. The number of aliphatic hydroxyl groups is 1. The Morgan fingerprint density at radius 1 is 0.290 bits per heavy atom. The van der Waals surface area contributed by atoms with E-state index < -0.39 is 97.5 Å². The minimum Gasteiger partial charge on any atom is -0.462 e. The molecule has 0 aromatic carbocycles. The van der Waals surface area contributed by atoms with Gasteiger partial charge in [-0.1, -0.05) is 370 Å². The lowest BCUT2D eigenvalue weighted by Crippen LogP contribution is -2.30. The van der Waals surface area contributed by atoms with Crippen LogP contribution in [0.3, 0.4) is 0 Å². The first-order valence-electron chi connectivity index (χ1n) is 41.9. The van der Waals surface area contributed by atoms with Crippen LogP contribution in [0.25, 0.3) is 0 Å². The van der Waals surface area contributed by atoms with E-state index in [-0.39, 0.29) is 25.7 Å². The summed E-state index contributed by atoms with van der Waals surface area (Å²) in [5.41, 5.74) is 0. The van der Waals surface area contributed by atoms with Gasteiger partial charge >= 0.3 is 39.5 Å². The van der Waals surface area contributed by atoms with Crippen LogP contribution in [0.15, 0.2) is 0 Å². The zero-order valence-corrected chi connectivity index (χ0v) is 67.5. The van der Waals surface area contributed by atoms with E-state index in [4.69, 9.17) is 37.0 Å². The number of phosphoric acid groups is 2. The molecule has 0 rings (SSSR count). The predicted molar refractivity (Wildman–Crippen MR) is 409 cm³/mol. The van der Waals surface area contributed by atoms with Gasteiger partial charge in [0.05, 0.1) is 26.4 Å². The van der Waals surface area contributed by atoms with Crippen LogP contribution in [0, 0.1) is 17.8 Å². The Hall–Kier alpha value is -1.94. The Kier molecular flexibility index (Phi) is 69.9. The summed E-state index contributed by atoms with van der Waals surface area (Å²) in [6.07, 6.45) is 59.9. The van der Waals surface area contributed by atoms with Crippen LogP contribution in [0.4, 0.5) is 0 Å². The van der Waals surface area contributed by atoms with Gasteiger partial charge in [0.2, 0.25) is 0 Å². The average molecular weight is 1470 g/mol. The minimum absolute atomic E-state index is 0.104. The lowest BCUT2D eigenvalue weighted by atomic mass is 9.99. The van der Waals surface area contributed by atoms with E-state index in [1.807, 2.05) is 0 Å². The average Bonchev–Trinajstić information content (AvgIpc) is 0.918. The topological polar surface area (TPSA) is 237 Å². The molecule has 0 radical (unpaired) electrons. The van der Waals surface area contributed by atoms with Gasteiger partial charge in [-0.2, -0.15) is 0 Å². The second-order valence-corrected chi connectivity index (χ2v) is 33.3.